The molecule has 0 aliphatic carbocycles. The number of hydrogen-bond donors (Lipinski definition) is 1. The fourth-order valence-electron chi connectivity index (χ4n) is 2.11. The van der Waals surface area contributed by atoms with Crippen molar-refractivity contribution in [2.75, 3.05) is 52.5 Å². The molecule has 0 saturated carbocycles. The molecule has 5 heteroatoms. The highest BCUT2D eigenvalue weighted by Gasteiger charge is 2.08. The SMILES string of the molecule is Fc1ccc(OCCCOCCN2CCNCC2)cc1. The topological polar surface area (TPSA) is 33.7 Å². The summed E-state index contributed by atoms with van der Waals surface area (Å²) in [6.07, 6.45) is 0.846. The molecular weight excluding hydrogens is 259 g/mol. The third-order valence-corrected chi connectivity index (χ3v) is 3.28. The summed E-state index contributed by atoms with van der Waals surface area (Å²) >= 11 is 0. The quantitative estimate of drug-likeness (QED) is 0.733. The summed E-state index contributed by atoms with van der Waals surface area (Å²) in [4.78, 5) is 2.41. The minimum absolute atomic E-state index is 0.242. The molecule has 0 radical (unpaired) electrons. The van der Waals surface area contributed by atoms with Gasteiger partial charge in [0.1, 0.15) is 11.6 Å². The predicted molar refractivity (Wildman–Crippen MR) is 76.6 cm³/mol. The lowest BCUT2D eigenvalue weighted by Gasteiger charge is -2.26. The fraction of sp³-hybridized carbons (Fsp3) is 0.600. The summed E-state index contributed by atoms with van der Waals surface area (Å²) < 4.78 is 23.8. The molecule has 0 unspecified atom stereocenters. The van der Waals surface area contributed by atoms with E-state index in [-0.39, 0.29) is 5.82 Å². The van der Waals surface area contributed by atoms with Crippen LogP contribution >= 0.6 is 0 Å². The van der Waals surface area contributed by atoms with Crippen molar-refractivity contribution in [3.8, 4) is 5.75 Å². The van der Waals surface area contributed by atoms with Gasteiger partial charge in [0, 0.05) is 45.8 Å². The van der Waals surface area contributed by atoms with Gasteiger partial charge < -0.3 is 14.8 Å². The van der Waals surface area contributed by atoms with Gasteiger partial charge in [-0.05, 0) is 24.3 Å². The molecule has 0 spiro atoms. The van der Waals surface area contributed by atoms with Gasteiger partial charge in [0.05, 0.1) is 13.2 Å². The lowest BCUT2D eigenvalue weighted by Crippen LogP contribution is -2.44. The van der Waals surface area contributed by atoms with Crippen LogP contribution in [0.15, 0.2) is 24.3 Å². The molecule has 0 atom stereocenters. The van der Waals surface area contributed by atoms with Gasteiger partial charge in [0.15, 0.2) is 0 Å². The largest absolute Gasteiger partial charge is 0.494 e. The van der Waals surface area contributed by atoms with E-state index in [1.807, 2.05) is 0 Å². The van der Waals surface area contributed by atoms with E-state index in [0.29, 0.717) is 19.0 Å². The number of nitrogens with zero attached hydrogens (tertiary/aromatic N) is 1. The average molecular weight is 282 g/mol. The molecule has 1 aliphatic rings. The van der Waals surface area contributed by atoms with Crippen molar-refractivity contribution in [1.82, 2.24) is 10.2 Å². The first kappa shape index (κ1) is 15.2. The summed E-state index contributed by atoms with van der Waals surface area (Å²) in [5, 5.41) is 3.33. The molecule has 20 heavy (non-hydrogen) atoms. The van der Waals surface area contributed by atoms with E-state index < -0.39 is 0 Å². The molecule has 2 rings (SSSR count). The number of nitrogens with one attached hydrogen (secondary N) is 1. The summed E-state index contributed by atoms with van der Waals surface area (Å²) in [5.74, 6) is 0.459. The first-order chi connectivity index (χ1) is 9.84. The van der Waals surface area contributed by atoms with E-state index >= 15 is 0 Å². The van der Waals surface area contributed by atoms with Gasteiger partial charge in [-0.3, -0.25) is 4.90 Å². The number of ether oxygens (including phenoxy) is 2. The van der Waals surface area contributed by atoms with Crippen LogP contribution < -0.4 is 10.1 Å². The normalized spacial score (nSPS) is 16.2. The molecule has 1 aromatic rings. The fourth-order valence-corrected chi connectivity index (χ4v) is 2.11. The molecular formula is C15H23FN2O2. The van der Waals surface area contributed by atoms with Gasteiger partial charge in [-0.25, -0.2) is 4.39 Å². The van der Waals surface area contributed by atoms with Gasteiger partial charge >= 0.3 is 0 Å². The molecule has 0 bridgehead atoms. The van der Waals surface area contributed by atoms with E-state index in [2.05, 4.69) is 10.2 Å². The van der Waals surface area contributed by atoms with Crippen molar-refractivity contribution < 1.29 is 13.9 Å². The summed E-state index contributed by atoms with van der Waals surface area (Å²) in [7, 11) is 0. The highest BCUT2D eigenvalue weighted by molar-refractivity contribution is 5.21. The van der Waals surface area contributed by atoms with Crippen molar-refractivity contribution >= 4 is 0 Å². The second-order valence-corrected chi connectivity index (χ2v) is 4.86. The van der Waals surface area contributed by atoms with Crippen LogP contribution in [-0.4, -0.2) is 57.4 Å². The zero-order valence-electron chi connectivity index (χ0n) is 11.8. The lowest BCUT2D eigenvalue weighted by molar-refractivity contribution is 0.0901. The standard InChI is InChI=1S/C15H23FN2O2/c16-14-2-4-15(5-3-14)20-12-1-11-19-13-10-18-8-6-17-7-9-18/h2-5,17H,1,6-13H2. The Balaban J connectivity index is 1.44. The van der Waals surface area contributed by atoms with Crippen LogP contribution in [0.5, 0.6) is 5.75 Å². The molecule has 0 amide bonds. The van der Waals surface area contributed by atoms with Crippen molar-refractivity contribution in [2.45, 2.75) is 6.42 Å². The van der Waals surface area contributed by atoms with Crippen LogP contribution in [-0.2, 0) is 4.74 Å². The number of halogens is 1. The van der Waals surface area contributed by atoms with Crippen LogP contribution in [0.4, 0.5) is 4.39 Å². The number of piperazine rings is 1. The Kier molecular flexibility index (Phi) is 6.77. The zero-order chi connectivity index (χ0) is 14.0. The third kappa shape index (κ3) is 5.86. The molecule has 112 valence electrons. The van der Waals surface area contributed by atoms with Gasteiger partial charge in [0.25, 0.3) is 0 Å². The second kappa shape index (κ2) is 8.89. The molecule has 0 aromatic heterocycles. The highest BCUT2D eigenvalue weighted by atomic mass is 19.1. The predicted octanol–water partition coefficient (Wildman–Crippen LogP) is 1.52. The van der Waals surface area contributed by atoms with Crippen LogP contribution in [0.1, 0.15) is 6.42 Å². The Morgan fingerprint density at radius 3 is 2.55 bits per heavy atom. The lowest BCUT2D eigenvalue weighted by atomic mass is 10.3. The van der Waals surface area contributed by atoms with Crippen molar-refractivity contribution in [1.29, 1.82) is 0 Å². The van der Waals surface area contributed by atoms with Crippen molar-refractivity contribution in [3.05, 3.63) is 30.1 Å². The Morgan fingerprint density at radius 1 is 1.05 bits per heavy atom. The molecule has 4 nitrogen and oxygen atoms in total. The van der Waals surface area contributed by atoms with Crippen LogP contribution in [0.3, 0.4) is 0 Å². The van der Waals surface area contributed by atoms with Gasteiger partial charge in [-0.15, -0.1) is 0 Å². The van der Waals surface area contributed by atoms with Crippen molar-refractivity contribution in [2.24, 2.45) is 0 Å². The second-order valence-electron chi connectivity index (χ2n) is 4.86. The maximum absolute atomic E-state index is 12.7. The summed E-state index contributed by atoms with van der Waals surface area (Å²) in [6.45, 7) is 7.44. The Morgan fingerprint density at radius 2 is 1.80 bits per heavy atom. The third-order valence-electron chi connectivity index (χ3n) is 3.28. The Bertz CT molecular complexity index is 367. The minimum Gasteiger partial charge on any atom is -0.494 e. The minimum atomic E-state index is -0.242. The van der Waals surface area contributed by atoms with E-state index in [1.54, 1.807) is 12.1 Å². The molecule has 1 fully saturated rings. The number of hydrogen-bond acceptors (Lipinski definition) is 4. The van der Waals surface area contributed by atoms with Gasteiger partial charge in [0.2, 0.25) is 0 Å². The monoisotopic (exact) mass is 282 g/mol. The first-order valence-corrected chi connectivity index (χ1v) is 7.24. The molecule has 1 saturated heterocycles. The Labute approximate surface area is 119 Å². The molecule has 1 N–H and O–H groups in total. The zero-order valence-corrected chi connectivity index (χ0v) is 11.8. The van der Waals surface area contributed by atoms with Gasteiger partial charge in [-0.2, -0.15) is 0 Å². The summed E-state index contributed by atoms with van der Waals surface area (Å²) in [6, 6.07) is 6.08. The van der Waals surface area contributed by atoms with E-state index in [4.69, 9.17) is 9.47 Å². The van der Waals surface area contributed by atoms with Crippen LogP contribution in [0.25, 0.3) is 0 Å². The molecule has 1 aliphatic heterocycles. The van der Waals surface area contributed by atoms with E-state index in [0.717, 1.165) is 45.8 Å². The van der Waals surface area contributed by atoms with Crippen LogP contribution in [0, 0.1) is 5.82 Å². The van der Waals surface area contributed by atoms with Crippen LogP contribution in [0.2, 0.25) is 0 Å². The highest BCUT2D eigenvalue weighted by Crippen LogP contribution is 2.11. The molecule has 1 heterocycles. The van der Waals surface area contributed by atoms with Crippen molar-refractivity contribution in [3.63, 3.8) is 0 Å². The summed E-state index contributed by atoms with van der Waals surface area (Å²) in [5.41, 5.74) is 0. The number of benzene rings is 1. The number of rotatable bonds is 8. The maximum Gasteiger partial charge on any atom is 0.123 e. The Hall–Kier alpha value is -1.17. The maximum atomic E-state index is 12.7. The van der Waals surface area contributed by atoms with E-state index in [9.17, 15) is 4.39 Å². The van der Waals surface area contributed by atoms with E-state index in [1.165, 1.54) is 12.1 Å². The van der Waals surface area contributed by atoms with Gasteiger partial charge in [-0.1, -0.05) is 0 Å². The first-order valence-electron chi connectivity index (χ1n) is 7.24. The smallest absolute Gasteiger partial charge is 0.123 e. The average Bonchev–Trinajstić information content (AvgIpc) is 2.49. The molecule has 1 aromatic carbocycles.